The van der Waals surface area contributed by atoms with Crippen LogP contribution < -0.4 is 0 Å². The Kier molecular flexibility index (Phi) is 6.67. The monoisotopic (exact) mass is 436 g/mol. The minimum absolute atomic E-state index is 0.00723. The molecule has 1 amide bonds. The number of amides is 1. The van der Waals surface area contributed by atoms with Gasteiger partial charge in [-0.25, -0.2) is 4.39 Å². The smallest absolute Gasteiger partial charge is 0.224 e. The molecule has 0 aliphatic heterocycles. The first-order valence-corrected chi connectivity index (χ1v) is 11.1. The van der Waals surface area contributed by atoms with Crippen LogP contribution in [0.3, 0.4) is 0 Å². The van der Waals surface area contributed by atoms with Gasteiger partial charge in [0, 0.05) is 17.6 Å². The van der Waals surface area contributed by atoms with E-state index in [0.717, 1.165) is 29.7 Å². The van der Waals surface area contributed by atoms with E-state index in [0.29, 0.717) is 23.9 Å². The van der Waals surface area contributed by atoms with E-state index in [1.165, 1.54) is 12.1 Å². The second-order valence-electron chi connectivity index (χ2n) is 8.33. The fourth-order valence-corrected chi connectivity index (χ4v) is 4.20. The summed E-state index contributed by atoms with van der Waals surface area (Å²) < 4.78 is 13.3. The summed E-state index contributed by atoms with van der Waals surface area (Å²) >= 11 is 6.11. The first-order chi connectivity index (χ1) is 15.0. The summed E-state index contributed by atoms with van der Waals surface area (Å²) in [6, 6.07) is 20.0. The average molecular weight is 437 g/mol. The predicted molar refractivity (Wildman–Crippen MR) is 121 cm³/mol. The van der Waals surface area contributed by atoms with Crippen LogP contribution in [0.1, 0.15) is 55.0 Å². The molecule has 0 saturated heterocycles. The Morgan fingerprint density at radius 3 is 2.35 bits per heavy atom. The fraction of sp³-hybridized carbons (Fsp3) is 0.308. The Bertz CT molecular complexity index is 1000. The minimum atomic E-state index is -0.268. The zero-order chi connectivity index (χ0) is 21.8. The lowest BCUT2D eigenvalue weighted by molar-refractivity contribution is -0.135. The van der Waals surface area contributed by atoms with Crippen LogP contribution in [0.15, 0.2) is 72.9 Å². The quantitative estimate of drug-likeness (QED) is 0.401. The van der Waals surface area contributed by atoms with Crippen LogP contribution in [0.2, 0.25) is 5.02 Å². The van der Waals surface area contributed by atoms with Crippen molar-refractivity contribution >= 4 is 17.5 Å². The number of halogens is 2. The molecule has 160 valence electrons. The molecule has 2 aromatic carbocycles. The van der Waals surface area contributed by atoms with E-state index >= 15 is 0 Å². The van der Waals surface area contributed by atoms with E-state index in [4.69, 9.17) is 11.6 Å². The van der Waals surface area contributed by atoms with E-state index < -0.39 is 0 Å². The molecule has 4 rings (SSSR count). The molecule has 0 spiro atoms. The van der Waals surface area contributed by atoms with Gasteiger partial charge in [-0.05, 0) is 72.2 Å². The predicted octanol–water partition coefficient (Wildman–Crippen LogP) is 6.55. The number of carbonyl (C=O) groups excluding carboxylic acids is 1. The number of hydrogen-bond acceptors (Lipinski definition) is 2. The largest absolute Gasteiger partial charge is 0.329 e. The SMILES string of the molecule is C[C@H](CC(=O)N(Cc1ccccn1)[C@H](c1ccc(Cl)cc1)C1CC1)c1ccc(F)cc1. The molecule has 0 bridgehead atoms. The van der Waals surface area contributed by atoms with Crippen molar-refractivity contribution in [2.75, 3.05) is 0 Å². The number of hydrogen-bond donors (Lipinski definition) is 0. The molecule has 5 heteroatoms. The first kappa shape index (κ1) is 21.5. The summed E-state index contributed by atoms with van der Waals surface area (Å²) in [5.41, 5.74) is 2.93. The number of benzene rings is 2. The lowest BCUT2D eigenvalue weighted by atomic mass is 9.95. The molecule has 1 aliphatic rings. The lowest BCUT2D eigenvalue weighted by Crippen LogP contribution is -2.36. The summed E-state index contributed by atoms with van der Waals surface area (Å²) in [6.07, 6.45) is 4.32. The van der Waals surface area contributed by atoms with Crippen molar-refractivity contribution in [1.82, 2.24) is 9.88 Å². The molecule has 31 heavy (non-hydrogen) atoms. The highest BCUT2D eigenvalue weighted by Crippen LogP contribution is 2.45. The van der Waals surface area contributed by atoms with Crippen LogP contribution in [0.4, 0.5) is 4.39 Å². The molecule has 1 fully saturated rings. The standard InChI is InChI=1S/C26H26ClFN2O/c1-18(19-9-13-23(28)14-10-19)16-25(31)30(17-24-4-2-3-15-29-24)26(20-5-6-20)21-7-11-22(27)12-8-21/h2-4,7-15,18,20,26H,5-6,16-17H2,1H3/t18-,26+/m1/s1. The van der Waals surface area contributed by atoms with E-state index in [2.05, 4.69) is 4.98 Å². The molecule has 0 radical (unpaired) electrons. The summed E-state index contributed by atoms with van der Waals surface area (Å²) in [4.78, 5) is 20.0. The number of pyridine rings is 1. The summed E-state index contributed by atoms with van der Waals surface area (Å²) in [6.45, 7) is 2.47. The van der Waals surface area contributed by atoms with Gasteiger partial charge in [0.05, 0.1) is 18.3 Å². The number of nitrogens with zero attached hydrogens (tertiary/aromatic N) is 2. The van der Waals surface area contributed by atoms with Crippen molar-refractivity contribution in [3.05, 3.63) is 101 Å². The number of aromatic nitrogens is 1. The third-order valence-corrected chi connectivity index (χ3v) is 6.17. The zero-order valence-corrected chi connectivity index (χ0v) is 18.3. The third kappa shape index (κ3) is 5.50. The van der Waals surface area contributed by atoms with E-state index in [-0.39, 0.29) is 23.7 Å². The summed E-state index contributed by atoms with van der Waals surface area (Å²) in [7, 11) is 0. The van der Waals surface area contributed by atoms with Gasteiger partial charge in [-0.15, -0.1) is 0 Å². The Morgan fingerprint density at radius 1 is 1.06 bits per heavy atom. The van der Waals surface area contributed by atoms with Crippen molar-refractivity contribution in [2.24, 2.45) is 5.92 Å². The van der Waals surface area contributed by atoms with Gasteiger partial charge in [-0.3, -0.25) is 9.78 Å². The number of rotatable bonds is 8. The molecule has 1 heterocycles. The fourth-order valence-electron chi connectivity index (χ4n) is 4.07. The maximum atomic E-state index is 13.6. The third-order valence-electron chi connectivity index (χ3n) is 5.91. The first-order valence-electron chi connectivity index (χ1n) is 10.7. The van der Waals surface area contributed by atoms with Gasteiger partial charge in [0.1, 0.15) is 5.82 Å². The van der Waals surface area contributed by atoms with Gasteiger partial charge < -0.3 is 4.90 Å². The highest BCUT2D eigenvalue weighted by molar-refractivity contribution is 6.30. The molecule has 0 unspecified atom stereocenters. The van der Waals surface area contributed by atoms with Crippen molar-refractivity contribution in [3.8, 4) is 0 Å². The Balaban J connectivity index is 1.61. The van der Waals surface area contributed by atoms with E-state index in [9.17, 15) is 9.18 Å². The highest BCUT2D eigenvalue weighted by atomic mass is 35.5. The van der Waals surface area contributed by atoms with Crippen LogP contribution in [0.25, 0.3) is 0 Å². The second kappa shape index (κ2) is 9.61. The average Bonchev–Trinajstić information content (AvgIpc) is 3.61. The van der Waals surface area contributed by atoms with Crippen LogP contribution in [-0.4, -0.2) is 15.8 Å². The Labute approximate surface area is 187 Å². The Hall–Kier alpha value is -2.72. The molecular weight excluding hydrogens is 411 g/mol. The van der Waals surface area contributed by atoms with Gasteiger partial charge in [-0.2, -0.15) is 0 Å². The zero-order valence-electron chi connectivity index (χ0n) is 17.5. The van der Waals surface area contributed by atoms with Crippen molar-refractivity contribution in [3.63, 3.8) is 0 Å². The Morgan fingerprint density at radius 2 is 1.74 bits per heavy atom. The molecule has 2 atom stereocenters. The second-order valence-corrected chi connectivity index (χ2v) is 8.77. The summed E-state index contributed by atoms with van der Waals surface area (Å²) in [5, 5.41) is 0.686. The van der Waals surface area contributed by atoms with Crippen molar-refractivity contribution < 1.29 is 9.18 Å². The van der Waals surface area contributed by atoms with Gasteiger partial charge in [0.25, 0.3) is 0 Å². The topological polar surface area (TPSA) is 33.2 Å². The van der Waals surface area contributed by atoms with Gasteiger partial charge in [-0.1, -0.05) is 48.9 Å². The van der Waals surface area contributed by atoms with Crippen molar-refractivity contribution in [2.45, 2.75) is 44.7 Å². The molecule has 1 aromatic heterocycles. The minimum Gasteiger partial charge on any atom is -0.329 e. The van der Waals surface area contributed by atoms with Crippen LogP contribution in [-0.2, 0) is 11.3 Å². The number of carbonyl (C=O) groups is 1. The summed E-state index contributed by atoms with van der Waals surface area (Å²) in [5.74, 6) is 0.240. The van der Waals surface area contributed by atoms with E-state index in [1.807, 2.05) is 54.3 Å². The normalized spacial score (nSPS) is 15.3. The molecule has 1 aliphatic carbocycles. The van der Waals surface area contributed by atoms with Crippen LogP contribution in [0, 0.1) is 11.7 Å². The van der Waals surface area contributed by atoms with Crippen molar-refractivity contribution in [1.29, 1.82) is 0 Å². The van der Waals surface area contributed by atoms with Crippen LogP contribution in [0.5, 0.6) is 0 Å². The van der Waals surface area contributed by atoms with Crippen LogP contribution >= 0.6 is 11.6 Å². The molecular formula is C26H26ClFN2O. The molecule has 3 nitrogen and oxygen atoms in total. The molecule has 0 N–H and O–H groups in total. The van der Waals surface area contributed by atoms with Gasteiger partial charge in [0.15, 0.2) is 0 Å². The highest BCUT2D eigenvalue weighted by Gasteiger charge is 2.38. The van der Waals surface area contributed by atoms with Gasteiger partial charge in [0.2, 0.25) is 5.91 Å². The molecule has 3 aromatic rings. The van der Waals surface area contributed by atoms with Gasteiger partial charge >= 0.3 is 0 Å². The van der Waals surface area contributed by atoms with E-state index in [1.54, 1.807) is 18.3 Å². The lowest BCUT2D eigenvalue weighted by Gasteiger charge is -2.33. The maximum absolute atomic E-state index is 13.6. The maximum Gasteiger partial charge on any atom is 0.224 e. The molecule has 1 saturated carbocycles.